The molecule has 0 bridgehead atoms. The number of nitrogens with one attached hydrogen (secondary N) is 1. The van der Waals surface area contributed by atoms with Crippen LogP contribution in [0.3, 0.4) is 0 Å². The highest BCUT2D eigenvalue weighted by atomic mass is 32.2. The maximum Gasteiger partial charge on any atom is 0.416 e. The number of carbonyl (C=O) groups is 1. The second-order valence-electron chi connectivity index (χ2n) is 6.88. The quantitative estimate of drug-likeness (QED) is 0.821. The average Bonchev–Trinajstić information content (AvgIpc) is 3.15. The lowest BCUT2D eigenvalue weighted by Crippen LogP contribution is -2.35. The Hall–Kier alpha value is -2.81. The highest BCUT2D eigenvalue weighted by Crippen LogP contribution is 2.43. The van der Waals surface area contributed by atoms with Crippen molar-refractivity contribution in [3.05, 3.63) is 70.3 Å². The van der Waals surface area contributed by atoms with Gasteiger partial charge in [0.2, 0.25) is 9.84 Å². The highest BCUT2D eigenvalue weighted by molar-refractivity contribution is 7.96. The molecule has 152 valence electrons. The molecular weight excluding hydrogens is 405 g/mol. The number of hydrogen-bond donors (Lipinski definition) is 1. The molecule has 0 unspecified atom stereocenters. The Bertz CT molecular complexity index is 1110. The molecule has 0 spiro atoms. The molecule has 1 fully saturated rings. The van der Waals surface area contributed by atoms with Crippen LogP contribution in [0.25, 0.3) is 0 Å². The van der Waals surface area contributed by atoms with E-state index in [2.05, 4.69) is 5.32 Å². The minimum atomic E-state index is -4.44. The van der Waals surface area contributed by atoms with Crippen LogP contribution < -0.4 is 10.2 Å². The molecule has 4 rings (SSSR count). The van der Waals surface area contributed by atoms with Crippen molar-refractivity contribution in [2.45, 2.75) is 30.5 Å². The third kappa shape index (κ3) is 3.39. The van der Waals surface area contributed by atoms with Crippen LogP contribution >= 0.6 is 0 Å². The zero-order valence-corrected chi connectivity index (χ0v) is 16.0. The number of anilines is 1. The zero-order valence-electron chi connectivity index (χ0n) is 15.2. The smallest absolute Gasteiger partial charge is 0.347 e. The molecule has 0 atom stereocenters. The normalized spacial score (nSPS) is 17.7. The molecule has 0 aromatic heterocycles. The summed E-state index contributed by atoms with van der Waals surface area (Å²) in [4.78, 5) is 14.5. The van der Waals surface area contributed by atoms with E-state index < -0.39 is 27.5 Å². The standard InChI is InChI=1S/C20H17F3N2O3S/c21-20(22,23)14-9-7-13(8-10-14)12-24-19(26)18-16-5-3-11-25(16)15-4-1-2-6-17(15)29(18,27)28/h1-2,4,6-10H,3,5,11-12H2,(H,24,26). The van der Waals surface area contributed by atoms with Crippen molar-refractivity contribution >= 4 is 21.4 Å². The van der Waals surface area contributed by atoms with Crippen LogP contribution in [0.5, 0.6) is 0 Å². The highest BCUT2D eigenvalue weighted by Gasteiger charge is 2.41. The van der Waals surface area contributed by atoms with E-state index in [9.17, 15) is 26.4 Å². The first-order valence-electron chi connectivity index (χ1n) is 8.99. The summed E-state index contributed by atoms with van der Waals surface area (Å²) in [5.41, 5.74) is 0.687. The third-order valence-electron chi connectivity index (χ3n) is 5.04. The van der Waals surface area contributed by atoms with Crippen LogP contribution in [0.2, 0.25) is 0 Å². The van der Waals surface area contributed by atoms with Crippen molar-refractivity contribution in [1.29, 1.82) is 0 Å². The van der Waals surface area contributed by atoms with Gasteiger partial charge < -0.3 is 10.2 Å². The Morgan fingerprint density at radius 3 is 2.45 bits per heavy atom. The maximum absolute atomic E-state index is 13.1. The maximum atomic E-state index is 13.1. The van der Waals surface area contributed by atoms with E-state index in [4.69, 9.17) is 0 Å². The van der Waals surface area contributed by atoms with Gasteiger partial charge in [0.25, 0.3) is 5.91 Å². The summed E-state index contributed by atoms with van der Waals surface area (Å²) in [6.07, 6.45) is -3.24. The number of para-hydroxylation sites is 1. The summed E-state index contributed by atoms with van der Waals surface area (Å²) < 4.78 is 64.2. The lowest BCUT2D eigenvalue weighted by molar-refractivity contribution is -0.137. The van der Waals surface area contributed by atoms with Crippen LogP contribution in [0.1, 0.15) is 24.0 Å². The summed E-state index contributed by atoms with van der Waals surface area (Å²) in [7, 11) is -3.99. The fourth-order valence-electron chi connectivity index (χ4n) is 3.68. The van der Waals surface area contributed by atoms with E-state index in [1.165, 1.54) is 18.2 Å². The zero-order chi connectivity index (χ0) is 20.8. The van der Waals surface area contributed by atoms with Gasteiger partial charge in [-0.15, -0.1) is 0 Å². The number of fused-ring (bicyclic) bond motifs is 3. The van der Waals surface area contributed by atoms with Crippen molar-refractivity contribution in [1.82, 2.24) is 5.32 Å². The molecule has 1 N–H and O–H groups in total. The van der Waals surface area contributed by atoms with E-state index in [-0.39, 0.29) is 16.3 Å². The molecule has 0 radical (unpaired) electrons. The minimum absolute atomic E-state index is 0.0785. The monoisotopic (exact) mass is 422 g/mol. The Balaban J connectivity index is 1.60. The van der Waals surface area contributed by atoms with Crippen molar-refractivity contribution in [3.63, 3.8) is 0 Å². The van der Waals surface area contributed by atoms with E-state index in [0.29, 0.717) is 29.9 Å². The number of carbonyl (C=O) groups excluding carboxylic acids is 1. The molecule has 9 heteroatoms. The molecule has 2 aliphatic heterocycles. The lowest BCUT2D eigenvalue weighted by atomic mass is 10.1. The topological polar surface area (TPSA) is 66.5 Å². The van der Waals surface area contributed by atoms with Gasteiger partial charge in [-0.05, 0) is 42.7 Å². The Labute approximate surface area is 165 Å². The van der Waals surface area contributed by atoms with Crippen LogP contribution in [0.15, 0.2) is 64.0 Å². The lowest BCUT2D eigenvalue weighted by Gasteiger charge is -2.29. The molecule has 1 saturated heterocycles. The molecule has 29 heavy (non-hydrogen) atoms. The van der Waals surface area contributed by atoms with E-state index in [0.717, 1.165) is 18.6 Å². The van der Waals surface area contributed by atoms with Crippen molar-refractivity contribution in [2.24, 2.45) is 0 Å². The molecule has 2 aromatic rings. The number of amides is 1. The Morgan fingerprint density at radius 2 is 1.76 bits per heavy atom. The first-order chi connectivity index (χ1) is 13.7. The summed E-state index contributed by atoms with van der Waals surface area (Å²) in [6, 6.07) is 10.9. The van der Waals surface area contributed by atoms with Gasteiger partial charge in [0, 0.05) is 18.8 Å². The van der Waals surface area contributed by atoms with Crippen LogP contribution in [-0.2, 0) is 27.4 Å². The fraction of sp³-hybridized carbons (Fsp3) is 0.250. The number of alkyl halides is 3. The second kappa shape index (κ2) is 6.91. The van der Waals surface area contributed by atoms with Gasteiger partial charge in [-0.3, -0.25) is 4.79 Å². The first-order valence-corrected chi connectivity index (χ1v) is 10.5. The molecule has 0 aliphatic carbocycles. The molecular formula is C20H17F3N2O3S. The summed E-state index contributed by atoms with van der Waals surface area (Å²) in [5, 5.41) is 2.54. The van der Waals surface area contributed by atoms with Gasteiger partial charge in [-0.2, -0.15) is 13.2 Å². The number of hydrogen-bond acceptors (Lipinski definition) is 4. The molecule has 2 aromatic carbocycles. The Morgan fingerprint density at radius 1 is 1.07 bits per heavy atom. The predicted molar refractivity (Wildman–Crippen MR) is 101 cm³/mol. The van der Waals surface area contributed by atoms with Gasteiger partial charge in [0.05, 0.1) is 16.1 Å². The van der Waals surface area contributed by atoms with Crippen molar-refractivity contribution in [3.8, 4) is 0 Å². The molecule has 2 heterocycles. The van der Waals surface area contributed by atoms with Crippen LogP contribution in [0.4, 0.5) is 18.9 Å². The SMILES string of the molecule is O=C(NCc1ccc(C(F)(F)F)cc1)C1=C2CCCN2c2ccccc2S1(=O)=O. The number of nitrogens with zero attached hydrogens (tertiary/aromatic N) is 1. The molecule has 5 nitrogen and oxygen atoms in total. The molecule has 2 aliphatic rings. The Kier molecular flexibility index (Phi) is 4.65. The number of benzene rings is 2. The van der Waals surface area contributed by atoms with Crippen molar-refractivity contribution in [2.75, 3.05) is 11.4 Å². The molecule has 1 amide bonds. The van der Waals surface area contributed by atoms with Crippen molar-refractivity contribution < 1.29 is 26.4 Å². The van der Waals surface area contributed by atoms with Gasteiger partial charge in [0.1, 0.15) is 0 Å². The average molecular weight is 422 g/mol. The van der Waals surface area contributed by atoms with Gasteiger partial charge >= 0.3 is 6.18 Å². The second-order valence-corrected chi connectivity index (χ2v) is 8.73. The summed E-state index contributed by atoms with van der Waals surface area (Å²) in [5.74, 6) is -0.749. The van der Waals surface area contributed by atoms with Crippen LogP contribution in [-0.4, -0.2) is 20.9 Å². The first kappa shape index (κ1) is 19.5. The van der Waals surface area contributed by atoms with E-state index in [1.807, 2.05) is 4.90 Å². The summed E-state index contributed by atoms with van der Waals surface area (Å²) in [6.45, 7) is 0.544. The van der Waals surface area contributed by atoms with E-state index >= 15 is 0 Å². The minimum Gasteiger partial charge on any atom is -0.347 e. The van der Waals surface area contributed by atoms with Gasteiger partial charge in [-0.25, -0.2) is 8.42 Å². The number of sulfone groups is 1. The molecule has 0 saturated carbocycles. The summed E-state index contributed by atoms with van der Waals surface area (Å²) >= 11 is 0. The van der Waals surface area contributed by atoms with Gasteiger partial charge in [0.15, 0.2) is 4.91 Å². The largest absolute Gasteiger partial charge is 0.416 e. The van der Waals surface area contributed by atoms with Gasteiger partial charge in [-0.1, -0.05) is 24.3 Å². The number of rotatable bonds is 3. The predicted octanol–water partition coefficient (Wildman–Crippen LogP) is 3.62. The number of halogens is 3. The fourth-order valence-corrected chi connectivity index (χ4v) is 5.45. The number of allylic oxidation sites excluding steroid dienone is 1. The third-order valence-corrected chi connectivity index (χ3v) is 6.92. The van der Waals surface area contributed by atoms with E-state index in [1.54, 1.807) is 18.2 Å². The van der Waals surface area contributed by atoms with Crippen LogP contribution in [0, 0.1) is 0 Å².